The van der Waals surface area contributed by atoms with E-state index in [2.05, 4.69) is 207 Å². The Morgan fingerprint density at radius 2 is 0.877 bits per heavy atom. The van der Waals surface area contributed by atoms with Gasteiger partial charge in [-0.25, -0.2) is 0 Å². The lowest BCUT2D eigenvalue weighted by molar-refractivity contribution is 0.0862. The maximum absolute atomic E-state index is 2.80. The number of para-hydroxylation sites is 2. The molecule has 0 amide bonds. The molecule has 8 aromatic carbocycles. The summed E-state index contributed by atoms with van der Waals surface area (Å²) < 4.78 is 0. The number of anilines is 4. The number of hydrogen-bond acceptors (Lipinski definition) is 2. The first-order valence-corrected chi connectivity index (χ1v) is 24.7. The zero-order valence-electron chi connectivity index (χ0n) is 38.6. The summed E-state index contributed by atoms with van der Waals surface area (Å²) in [5, 5.41) is 5.33. The molecule has 4 atom stereocenters. The van der Waals surface area contributed by atoms with Crippen LogP contribution in [0.15, 0.2) is 170 Å². The minimum Gasteiger partial charge on any atom is -0.335 e. The van der Waals surface area contributed by atoms with Crippen LogP contribution in [0.5, 0.6) is 0 Å². The number of nitrogens with zero attached hydrogens (tertiary/aromatic N) is 2. The van der Waals surface area contributed by atoms with Crippen molar-refractivity contribution in [2.75, 3.05) is 9.80 Å². The molecule has 0 aromatic heterocycles. The smallest absolute Gasteiger partial charge is 0.0720 e. The summed E-state index contributed by atoms with van der Waals surface area (Å²) in [5.74, 6) is 0. The summed E-state index contributed by atoms with van der Waals surface area (Å²) in [5.41, 5.74) is 16.2. The number of rotatable bonds is 4. The van der Waals surface area contributed by atoms with E-state index in [1.165, 1.54) is 140 Å². The van der Waals surface area contributed by atoms with Crippen molar-refractivity contribution in [3.8, 4) is 11.1 Å². The standard InChI is InChI=1S/C63H60N2/c1-59-35-17-19-37-61(59,3)64(55-29-15-11-21-43(55)41-59)47-31-33-51-53(39-47)49-27-13-14-28-50(49)57-52-34-32-48(65-56-30-16-12-22-44(56)42-60(2)36-18-20-38-62(60,65)4)40-54(52)63(58(51)57,45-23-7-5-8-24-45)46-25-9-6-10-26-46/h5-16,21-34,39-40H,17-20,35-38,41-42H2,1-4H3. The second-order valence-electron chi connectivity index (χ2n) is 21.6. The van der Waals surface area contributed by atoms with Crippen LogP contribution in [-0.2, 0) is 18.3 Å². The van der Waals surface area contributed by atoms with Gasteiger partial charge in [-0.3, -0.25) is 0 Å². The lowest BCUT2D eigenvalue weighted by Crippen LogP contribution is -2.60. The van der Waals surface area contributed by atoms with Gasteiger partial charge in [-0.05, 0) is 166 Å². The lowest BCUT2D eigenvalue weighted by atomic mass is 9.57. The molecule has 2 nitrogen and oxygen atoms in total. The van der Waals surface area contributed by atoms with Crippen molar-refractivity contribution in [1.29, 1.82) is 0 Å². The molecule has 3 aliphatic carbocycles. The van der Waals surface area contributed by atoms with Crippen LogP contribution in [0.1, 0.15) is 112 Å². The van der Waals surface area contributed by atoms with Crippen LogP contribution >= 0.6 is 0 Å². The monoisotopic (exact) mass is 844 g/mol. The molecule has 0 saturated heterocycles. The van der Waals surface area contributed by atoms with Crippen molar-refractivity contribution >= 4 is 44.3 Å². The van der Waals surface area contributed by atoms with Crippen LogP contribution in [-0.4, -0.2) is 11.1 Å². The molecule has 13 rings (SSSR count). The van der Waals surface area contributed by atoms with Gasteiger partial charge in [0.1, 0.15) is 0 Å². The summed E-state index contributed by atoms with van der Waals surface area (Å²) in [6.45, 7) is 10.3. The van der Waals surface area contributed by atoms with Crippen molar-refractivity contribution in [2.24, 2.45) is 10.8 Å². The maximum atomic E-state index is 2.80. The third-order valence-corrected chi connectivity index (χ3v) is 18.5. The predicted octanol–water partition coefficient (Wildman–Crippen LogP) is 16.4. The second kappa shape index (κ2) is 13.9. The molecule has 2 aliphatic heterocycles. The molecule has 8 aromatic rings. The minimum absolute atomic E-state index is 0.00238. The lowest BCUT2D eigenvalue weighted by Gasteiger charge is -2.60. The Morgan fingerprint density at radius 1 is 0.400 bits per heavy atom. The Hall–Kier alpha value is -6.12. The highest BCUT2D eigenvalue weighted by molar-refractivity contribution is 6.20. The molecule has 2 saturated carbocycles. The SMILES string of the molecule is CC12CCCCC1(C)N(c1ccc3c(c1)C(c1ccccc1)(c1ccccc1)c1c-3c3ccccc3c3cc(N4c5ccccc5CC5(C)CCCCC45C)ccc13)c1ccccc1C2. The van der Waals surface area contributed by atoms with Crippen molar-refractivity contribution in [2.45, 2.75) is 108 Å². The highest BCUT2D eigenvalue weighted by atomic mass is 15.2. The molecule has 65 heavy (non-hydrogen) atoms. The van der Waals surface area contributed by atoms with E-state index in [9.17, 15) is 0 Å². The Labute approximate surface area is 386 Å². The van der Waals surface area contributed by atoms with E-state index in [1.807, 2.05) is 0 Å². The summed E-state index contributed by atoms with van der Waals surface area (Å²) in [7, 11) is 0. The van der Waals surface area contributed by atoms with E-state index >= 15 is 0 Å². The van der Waals surface area contributed by atoms with Gasteiger partial charge in [0.25, 0.3) is 0 Å². The first-order valence-electron chi connectivity index (χ1n) is 24.7. The zero-order valence-corrected chi connectivity index (χ0v) is 38.6. The minimum atomic E-state index is -0.579. The summed E-state index contributed by atoms with van der Waals surface area (Å²) in [6.07, 6.45) is 12.3. The summed E-state index contributed by atoms with van der Waals surface area (Å²) in [6, 6.07) is 66.2. The van der Waals surface area contributed by atoms with Gasteiger partial charge in [0.2, 0.25) is 0 Å². The van der Waals surface area contributed by atoms with Crippen LogP contribution in [0.25, 0.3) is 32.7 Å². The van der Waals surface area contributed by atoms with E-state index in [0.717, 1.165) is 12.8 Å². The molecule has 2 heteroatoms. The maximum Gasteiger partial charge on any atom is 0.0720 e. The van der Waals surface area contributed by atoms with Gasteiger partial charge in [0.15, 0.2) is 0 Å². The fraction of sp³-hybridized carbons (Fsp3) is 0.302. The average Bonchev–Trinajstić information content (AvgIpc) is 3.64. The fourth-order valence-corrected chi connectivity index (χ4v) is 14.9. The summed E-state index contributed by atoms with van der Waals surface area (Å²) in [4.78, 5) is 5.58. The van der Waals surface area contributed by atoms with Crippen LogP contribution in [0.3, 0.4) is 0 Å². The molecule has 5 aliphatic rings. The second-order valence-corrected chi connectivity index (χ2v) is 21.6. The van der Waals surface area contributed by atoms with Crippen molar-refractivity contribution in [3.05, 3.63) is 203 Å². The van der Waals surface area contributed by atoms with Crippen molar-refractivity contribution in [3.63, 3.8) is 0 Å². The van der Waals surface area contributed by atoms with Gasteiger partial charge in [-0.15, -0.1) is 0 Å². The molecule has 0 spiro atoms. The molecule has 2 heterocycles. The number of benzene rings is 8. The molecule has 4 unspecified atom stereocenters. The van der Waals surface area contributed by atoms with Crippen LogP contribution in [0.4, 0.5) is 22.7 Å². The van der Waals surface area contributed by atoms with Gasteiger partial charge in [0.05, 0.1) is 5.41 Å². The highest BCUT2D eigenvalue weighted by Gasteiger charge is 2.56. The largest absolute Gasteiger partial charge is 0.335 e. The molecule has 0 N–H and O–H groups in total. The molecule has 2 fully saturated rings. The molecule has 322 valence electrons. The first-order chi connectivity index (χ1) is 31.7. The first kappa shape index (κ1) is 39.3. The van der Waals surface area contributed by atoms with Gasteiger partial charge in [0, 0.05) is 33.8 Å². The van der Waals surface area contributed by atoms with Gasteiger partial charge in [-0.2, -0.15) is 0 Å². The Bertz CT molecular complexity index is 3160. The number of hydrogen-bond donors (Lipinski definition) is 0. The van der Waals surface area contributed by atoms with Crippen molar-refractivity contribution < 1.29 is 0 Å². The Morgan fingerprint density at radius 3 is 1.46 bits per heavy atom. The Balaban J connectivity index is 1.12. The van der Waals surface area contributed by atoms with E-state index in [0.29, 0.717) is 0 Å². The fourth-order valence-electron chi connectivity index (χ4n) is 14.9. The normalized spacial score (nSPS) is 26.2. The molecule has 0 radical (unpaired) electrons. The van der Waals surface area contributed by atoms with Crippen LogP contribution < -0.4 is 9.80 Å². The quantitative estimate of drug-likeness (QED) is 0.163. The third kappa shape index (κ3) is 5.18. The van der Waals surface area contributed by atoms with E-state index in [4.69, 9.17) is 0 Å². The predicted molar refractivity (Wildman–Crippen MR) is 273 cm³/mol. The van der Waals surface area contributed by atoms with Gasteiger partial charge in [-0.1, -0.05) is 173 Å². The highest BCUT2D eigenvalue weighted by Crippen LogP contribution is 2.64. The van der Waals surface area contributed by atoms with Gasteiger partial charge < -0.3 is 9.80 Å². The zero-order chi connectivity index (χ0) is 43.8. The van der Waals surface area contributed by atoms with Crippen molar-refractivity contribution in [1.82, 2.24) is 0 Å². The van der Waals surface area contributed by atoms with E-state index < -0.39 is 5.41 Å². The third-order valence-electron chi connectivity index (χ3n) is 18.5. The Kier molecular flexibility index (Phi) is 8.42. The molecule has 0 bridgehead atoms. The molecular formula is C63H60N2. The van der Waals surface area contributed by atoms with E-state index in [-0.39, 0.29) is 21.9 Å². The van der Waals surface area contributed by atoms with Gasteiger partial charge >= 0.3 is 0 Å². The average molecular weight is 845 g/mol. The van der Waals surface area contributed by atoms with E-state index in [1.54, 1.807) is 0 Å². The van der Waals surface area contributed by atoms with Crippen LogP contribution in [0, 0.1) is 10.8 Å². The van der Waals surface area contributed by atoms with Crippen LogP contribution in [0.2, 0.25) is 0 Å². The molecular weight excluding hydrogens is 785 g/mol. The number of fused-ring (bicyclic) bond motifs is 12. The topological polar surface area (TPSA) is 6.48 Å². The summed E-state index contributed by atoms with van der Waals surface area (Å²) >= 11 is 0.